The fraction of sp³-hybridized carbons (Fsp3) is 0.360. The van der Waals surface area contributed by atoms with E-state index in [9.17, 15) is 4.79 Å². The van der Waals surface area contributed by atoms with Gasteiger partial charge >= 0.3 is 0 Å². The Morgan fingerprint density at radius 2 is 1.91 bits per heavy atom. The number of quaternary nitrogens is 1. The van der Waals surface area contributed by atoms with Gasteiger partial charge in [-0.2, -0.15) is 0 Å². The Bertz CT molecular complexity index is 1370. The van der Waals surface area contributed by atoms with Crippen molar-refractivity contribution in [1.29, 1.82) is 0 Å². The summed E-state index contributed by atoms with van der Waals surface area (Å²) in [6, 6.07) is 15.9. The molecular weight excluding hydrogens is 416 g/mol. The SMILES string of the molecule is COc1ccc2cc([C@@H](c3nnnn3C(C)(C)C)[NH+]3CCc4ccccc4C3)c(=O)[nH]c2c1. The number of nitrogens with zero attached hydrogens (tertiary/aromatic N) is 4. The Balaban J connectivity index is 1.68. The van der Waals surface area contributed by atoms with Crippen LogP contribution in [0.4, 0.5) is 0 Å². The zero-order valence-electron chi connectivity index (χ0n) is 19.4. The van der Waals surface area contributed by atoms with E-state index in [1.54, 1.807) is 7.11 Å². The van der Waals surface area contributed by atoms with E-state index in [0.717, 1.165) is 30.4 Å². The molecule has 0 fully saturated rings. The number of hydrogen-bond acceptors (Lipinski definition) is 5. The molecule has 0 saturated carbocycles. The van der Waals surface area contributed by atoms with Crippen LogP contribution in [0, 0.1) is 0 Å². The normalized spacial score (nSPS) is 17.0. The minimum absolute atomic E-state index is 0.129. The first-order valence-electron chi connectivity index (χ1n) is 11.3. The highest BCUT2D eigenvalue weighted by molar-refractivity contribution is 5.80. The first kappa shape index (κ1) is 21.3. The molecular formula is C25H29N6O2+. The molecule has 4 aromatic rings. The van der Waals surface area contributed by atoms with Crippen LogP contribution in [0.15, 0.2) is 53.3 Å². The van der Waals surface area contributed by atoms with Gasteiger partial charge in [-0.25, -0.2) is 4.68 Å². The molecule has 2 aromatic heterocycles. The molecule has 1 aliphatic heterocycles. The Morgan fingerprint density at radius 3 is 2.67 bits per heavy atom. The predicted molar refractivity (Wildman–Crippen MR) is 125 cm³/mol. The van der Waals surface area contributed by atoms with E-state index in [-0.39, 0.29) is 17.1 Å². The lowest BCUT2D eigenvalue weighted by molar-refractivity contribution is -0.942. The van der Waals surface area contributed by atoms with Crippen molar-refractivity contribution < 1.29 is 9.64 Å². The molecule has 5 rings (SSSR count). The smallest absolute Gasteiger partial charge is 0.258 e. The van der Waals surface area contributed by atoms with Crippen molar-refractivity contribution >= 4 is 10.9 Å². The molecule has 3 heterocycles. The van der Waals surface area contributed by atoms with E-state index in [1.807, 2.05) is 28.9 Å². The maximum Gasteiger partial charge on any atom is 0.258 e. The summed E-state index contributed by atoms with van der Waals surface area (Å²) >= 11 is 0. The van der Waals surface area contributed by atoms with Gasteiger partial charge in [0.1, 0.15) is 12.3 Å². The topological polar surface area (TPSA) is 90.1 Å². The number of ether oxygens (including phenoxy) is 1. The Kier molecular flexibility index (Phi) is 5.25. The van der Waals surface area contributed by atoms with Crippen molar-refractivity contribution in [3.8, 4) is 5.75 Å². The molecule has 0 radical (unpaired) electrons. The number of aromatic amines is 1. The number of nitrogens with one attached hydrogen (secondary N) is 2. The van der Waals surface area contributed by atoms with Crippen LogP contribution in [0.5, 0.6) is 5.75 Å². The predicted octanol–water partition coefficient (Wildman–Crippen LogP) is 2.01. The van der Waals surface area contributed by atoms with Crippen molar-refractivity contribution in [2.45, 2.75) is 45.3 Å². The number of hydrogen-bond donors (Lipinski definition) is 2. The molecule has 0 saturated heterocycles. The summed E-state index contributed by atoms with van der Waals surface area (Å²) in [5.74, 6) is 1.41. The molecule has 2 atom stereocenters. The molecule has 8 nitrogen and oxygen atoms in total. The molecule has 1 aliphatic rings. The molecule has 2 N–H and O–H groups in total. The molecule has 8 heteroatoms. The number of rotatable bonds is 4. The second-order valence-corrected chi connectivity index (χ2v) is 9.66. The van der Waals surface area contributed by atoms with E-state index < -0.39 is 0 Å². The summed E-state index contributed by atoms with van der Waals surface area (Å²) in [6.07, 6.45) is 0.946. The molecule has 0 amide bonds. The first-order valence-corrected chi connectivity index (χ1v) is 11.3. The molecule has 0 aliphatic carbocycles. The minimum Gasteiger partial charge on any atom is -0.497 e. The molecule has 0 spiro atoms. The van der Waals surface area contributed by atoms with Crippen molar-refractivity contribution in [2.24, 2.45) is 0 Å². The third kappa shape index (κ3) is 3.91. The van der Waals surface area contributed by atoms with Gasteiger partial charge in [-0.3, -0.25) is 4.79 Å². The lowest BCUT2D eigenvalue weighted by Crippen LogP contribution is -3.12. The second-order valence-electron chi connectivity index (χ2n) is 9.66. The average molecular weight is 446 g/mol. The van der Waals surface area contributed by atoms with Gasteiger partial charge in [-0.15, -0.1) is 5.10 Å². The third-order valence-electron chi connectivity index (χ3n) is 6.44. The van der Waals surface area contributed by atoms with Crippen LogP contribution in [0.1, 0.15) is 49.3 Å². The quantitative estimate of drug-likeness (QED) is 0.502. The van der Waals surface area contributed by atoms with Crippen molar-refractivity contribution in [2.75, 3.05) is 13.7 Å². The van der Waals surface area contributed by atoms with Crippen molar-refractivity contribution in [1.82, 2.24) is 25.2 Å². The number of methoxy groups -OCH3 is 1. The number of pyridine rings is 1. The average Bonchev–Trinajstić information content (AvgIpc) is 3.29. The number of aromatic nitrogens is 5. The van der Waals surface area contributed by atoms with Gasteiger partial charge in [0.2, 0.25) is 5.82 Å². The summed E-state index contributed by atoms with van der Waals surface area (Å²) in [4.78, 5) is 17.8. The fourth-order valence-corrected chi connectivity index (χ4v) is 4.78. The van der Waals surface area contributed by atoms with Crippen molar-refractivity contribution in [3.63, 3.8) is 0 Å². The zero-order valence-corrected chi connectivity index (χ0v) is 19.4. The number of fused-ring (bicyclic) bond motifs is 2. The third-order valence-corrected chi connectivity index (χ3v) is 6.44. The summed E-state index contributed by atoms with van der Waals surface area (Å²) < 4.78 is 7.17. The van der Waals surface area contributed by atoms with Crippen LogP contribution >= 0.6 is 0 Å². The molecule has 1 unspecified atom stereocenters. The lowest BCUT2D eigenvalue weighted by Gasteiger charge is -2.33. The summed E-state index contributed by atoms with van der Waals surface area (Å²) in [6.45, 7) is 7.90. The summed E-state index contributed by atoms with van der Waals surface area (Å²) in [5.41, 5.74) is 3.64. The van der Waals surface area contributed by atoms with E-state index in [2.05, 4.69) is 65.5 Å². The standard InChI is InChI=1S/C25H28N6O2/c1-25(2,3)31-23(27-28-29-31)22(30-12-11-16-7-5-6-8-18(16)15-30)20-13-17-9-10-19(33-4)14-21(17)26-24(20)32/h5-10,13-14,22H,11-12,15H2,1-4H3,(H,26,32)/p+1/t22-/m0/s1. The number of benzene rings is 2. The second kappa shape index (κ2) is 8.12. The van der Waals surface area contributed by atoms with Crippen LogP contribution in [-0.2, 0) is 18.5 Å². The highest BCUT2D eigenvalue weighted by Gasteiger charge is 2.38. The number of tetrazole rings is 1. The molecule has 2 aromatic carbocycles. The molecule has 0 bridgehead atoms. The lowest BCUT2D eigenvalue weighted by atomic mass is 9.95. The highest BCUT2D eigenvalue weighted by Crippen LogP contribution is 2.25. The zero-order chi connectivity index (χ0) is 23.2. The Morgan fingerprint density at radius 1 is 1.12 bits per heavy atom. The van der Waals surface area contributed by atoms with Crippen LogP contribution in [0.2, 0.25) is 0 Å². The molecule has 33 heavy (non-hydrogen) atoms. The van der Waals surface area contributed by atoms with E-state index >= 15 is 0 Å². The maximum atomic E-state index is 13.4. The van der Waals surface area contributed by atoms with Crippen LogP contribution in [-0.4, -0.2) is 38.8 Å². The maximum absolute atomic E-state index is 13.4. The van der Waals surface area contributed by atoms with Gasteiger partial charge in [0.05, 0.1) is 30.3 Å². The van der Waals surface area contributed by atoms with Gasteiger partial charge in [-0.05, 0) is 60.3 Å². The Hall–Kier alpha value is -3.52. The van der Waals surface area contributed by atoms with E-state index in [4.69, 9.17) is 4.74 Å². The Labute approximate surface area is 192 Å². The van der Waals surface area contributed by atoms with Gasteiger partial charge in [0, 0.05) is 18.1 Å². The minimum atomic E-state index is -0.318. The van der Waals surface area contributed by atoms with Crippen LogP contribution in [0.3, 0.4) is 0 Å². The largest absolute Gasteiger partial charge is 0.497 e. The van der Waals surface area contributed by atoms with Crippen molar-refractivity contribution in [3.05, 3.63) is 81.4 Å². The first-order chi connectivity index (χ1) is 15.8. The molecule has 170 valence electrons. The van der Waals surface area contributed by atoms with Gasteiger partial charge in [0.15, 0.2) is 6.04 Å². The van der Waals surface area contributed by atoms with E-state index in [1.165, 1.54) is 16.0 Å². The number of H-pyrrole nitrogens is 1. The van der Waals surface area contributed by atoms with Crippen LogP contribution in [0.25, 0.3) is 10.9 Å². The van der Waals surface area contributed by atoms with Crippen LogP contribution < -0.4 is 15.2 Å². The fourth-order valence-electron chi connectivity index (χ4n) is 4.78. The van der Waals surface area contributed by atoms with Gasteiger partial charge < -0.3 is 14.6 Å². The van der Waals surface area contributed by atoms with Gasteiger partial charge in [0.25, 0.3) is 5.56 Å². The summed E-state index contributed by atoms with van der Waals surface area (Å²) in [5, 5.41) is 13.7. The highest BCUT2D eigenvalue weighted by atomic mass is 16.5. The summed E-state index contributed by atoms with van der Waals surface area (Å²) in [7, 11) is 1.62. The van der Waals surface area contributed by atoms with E-state index in [0.29, 0.717) is 17.1 Å². The van der Waals surface area contributed by atoms with Gasteiger partial charge in [-0.1, -0.05) is 24.3 Å². The monoisotopic (exact) mass is 445 g/mol.